The smallest absolute Gasteiger partial charge is 0.292 e. The standard InChI is InChI=1S/C9H7FN4O2S/c10-6-1-2-9(14(15)16)8(3-6)11-4-7-5-17-13-12-7/h1-3,5,11H,4H2. The number of aromatic nitrogens is 2. The lowest BCUT2D eigenvalue weighted by Crippen LogP contribution is -2.03. The van der Waals surface area contributed by atoms with Gasteiger partial charge in [0.05, 0.1) is 17.2 Å². The Hall–Kier alpha value is -2.09. The molecule has 0 saturated heterocycles. The van der Waals surface area contributed by atoms with Crippen LogP contribution in [0.4, 0.5) is 15.8 Å². The summed E-state index contributed by atoms with van der Waals surface area (Å²) in [5.74, 6) is -0.533. The molecule has 8 heteroatoms. The Morgan fingerprint density at radius 1 is 1.53 bits per heavy atom. The number of rotatable bonds is 4. The van der Waals surface area contributed by atoms with Crippen molar-refractivity contribution in [2.45, 2.75) is 6.54 Å². The van der Waals surface area contributed by atoms with Crippen LogP contribution in [0.3, 0.4) is 0 Å². The largest absolute Gasteiger partial charge is 0.374 e. The van der Waals surface area contributed by atoms with Crippen LogP contribution in [-0.4, -0.2) is 14.5 Å². The minimum absolute atomic E-state index is 0.128. The van der Waals surface area contributed by atoms with Crippen LogP contribution in [0, 0.1) is 15.9 Å². The molecule has 0 aliphatic rings. The van der Waals surface area contributed by atoms with Gasteiger partial charge in [-0.25, -0.2) is 4.39 Å². The van der Waals surface area contributed by atoms with Crippen LogP contribution < -0.4 is 5.32 Å². The van der Waals surface area contributed by atoms with Gasteiger partial charge >= 0.3 is 0 Å². The van der Waals surface area contributed by atoms with E-state index >= 15 is 0 Å². The van der Waals surface area contributed by atoms with Crippen molar-refractivity contribution in [1.82, 2.24) is 9.59 Å². The van der Waals surface area contributed by atoms with Gasteiger partial charge in [0.25, 0.3) is 5.69 Å². The van der Waals surface area contributed by atoms with Crippen molar-refractivity contribution < 1.29 is 9.31 Å². The van der Waals surface area contributed by atoms with Gasteiger partial charge in [0.2, 0.25) is 0 Å². The van der Waals surface area contributed by atoms with Gasteiger partial charge in [-0.2, -0.15) is 0 Å². The molecule has 2 rings (SSSR count). The summed E-state index contributed by atoms with van der Waals surface area (Å²) in [5, 5.41) is 18.9. The Balaban J connectivity index is 2.19. The topological polar surface area (TPSA) is 81.0 Å². The van der Waals surface area contributed by atoms with E-state index in [1.807, 2.05) is 0 Å². The highest BCUT2D eigenvalue weighted by Crippen LogP contribution is 2.25. The molecule has 0 aliphatic heterocycles. The number of hydrogen-bond acceptors (Lipinski definition) is 6. The van der Waals surface area contributed by atoms with Crippen LogP contribution >= 0.6 is 11.5 Å². The van der Waals surface area contributed by atoms with Gasteiger partial charge in [0.15, 0.2) is 0 Å². The van der Waals surface area contributed by atoms with Crippen LogP contribution in [0.25, 0.3) is 0 Å². The Kier molecular flexibility index (Phi) is 3.24. The second-order valence-corrected chi connectivity index (χ2v) is 3.78. The monoisotopic (exact) mass is 254 g/mol. The molecule has 17 heavy (non-hydrogen) atoms. The van der Waals surface area contributed by atoms with Crippen molar-refractivity contribution in [2.75, 3.05) is 5.32 Å². The number of halogens is 1. The first-order valence-corrected chi connectivity index (χ1v) is 5.44. The zero-order valence-electron chi connectivity index (χ0n) is 8.46. The predicted molar refractivity (Wildman–Crippen MR) is 60.3 cm³/mol. The van der Waals surface area contributed by atoms with Crippen molar-refractivity contribution >= 4 is 22.9 Å². The lowest BCUT2D eigenvalue weighted by atomic mass is 10.2. The van der Waals surface area contributed by atoms with E-state index in [0.29, 0.717) is 5.69 Å². The van der Waals surface area contributed by atoms with Crippen molar-refractivity contribution in [1.29, 1.82) is 0 Å². The Morgan fingerprint density at radius 3 is 3.00 bits per heavy atom. The normalized spacial score (nSPS) is 10.2. The van der Waals surface area contributed by atoms with E-state index in [0.717, 1.165) is 18.2 Å². The fourth-order valence-electron chi connectivity index (χ4n) is 1.26. The van der Waals surface area contributed by atoms with E-state index < -0.39 is 10.7 Å². The predicted octanol–water partition coefficient (Wildman–Crippen LogP) is 2.20. The van der Waals surface area contributed by atoms with E-state index in [1.165, 1.54) is 11.5 Å². The number of nitro benzene ring substituents is 1. The van der Waals surface area contributed by atoms with E-state index in [-0.39, 0.29) is 17.9 Å². The van der Waals surface area contributed by atoms with Crippen LogP contribution in [0.15, 0.2) is 23.6 Å². The van der Waals surface area contributed by atoms with Crippen molar-refractivity contribution in [3.63, 3.8) is 0 Å². The number of nitrogens with zero attached hydrogens (tertiary/aromatic N) is 3. The molecule has 6 nitrogen and oxygen atoms in total. The third-order valence-electron chi connectivity index (χ3n) is 2.02. The Morgan fingerprint density at radius 2 is 2.35 bits per heavy atom. The summed E-state index contributed by atoms with van der Waals surface area (Å²) in [6.07, 6.45) is 0. The number of benzene rings is 1. The molecular formula is C9H7FN4O2S. The molecule has 1 aromatic carbocycles. The number of nitrogens with one attached hydrogen (secondary N) is 1. The maximum Gasteiger partial charge on any atom is 0.292 e. The summed E-state index contributed by atoms with van der Waals surface area (Å²) >= 11 is 1.18. The zero-order valence-corrected chi connectivity index (χ0v) is 9.28. The Labute approximate surface area is 99.4 Å². The van der Waals surface area contributed by atoms with Crippen LogP contribution in [-0.2, 0) is 6.54 Å². The quantitative estimate of drug-likeness (QED) is 0.668. The SMILES string of the molecule is O=[N+]([O-])c1ccc(F)cc1NCc1csnn1. The van der Waals surface area contributed by atoms with Gasteiger partial charge in [-0.3, -0.25) is 10.1 Å². The third-order valence-corrected chi connectivity index (χ3v) is 2.57. The van der Waals surface area contributed by atoms with Gasteiger partial charge in [-0.1, -0.05) is 4.49 Å². The summed E-state index contributed by atoms with van der Waals surface area (Å²) < 4.78 is 16.6. The minimum atomic E-state index is -0.568. The van der Waals surface area contributed by atoms with E-state index in [4.69, 9.17) is 0 Å². The molecule has 0 saturated carbocycles. The van der Waals surface area contributed by atoms with Crippen molar-refractivity contribution in [3.05, 3.63) is 45.2 Å². The second kappa shape index (κ2) is 4.83. The molecule has 0 bridgehead atoms. The molecule has 1 N–H and O–H groups in total. The van der Waals surface area contributed by atoms with E-state index in [2.05, 4.69) is 14.9 Å². The molecule has 0 aliphatic carbocycles. The molecule has 0 fully saturated rings. The molecule has 1 heterocycles. The molecule has 0 unspecified atom stereocenters. The molecule has 1 aromatic heterocycles. The first-order chi connectivity index (χ1) is 8.16. The fourth-order valence-corrected chi connectivity index (χ4v) is 1.71. The number of anilines is 1. The maximum atomic E-state index is 13.0. The molecule has 88 valence electrons. The highest BCUT2D eigenvalue weighted by atomic mass is 32.1. The van der Waals surface area contributed by atoms with Crippen LogP contribution in [0.2, 0.25) is 0 Å². The highest BCUT2D eigenvalue weighted by Gasteiger charge is 2.14. The maximum absolute atomic E-state index is 13.0. The average Bonchev–Trinajstić information content (AvgIpc) is 2.78. The van der Waals surface area contributed by atoms with Gasteiger partial charge in [-0.15, -0.1) is 5.10 Å². The molecule has 2 aromatic rings. The van der Waals surface area contributed by atoms with Gasteiger partial charge in [0, 0.05) is 17.5 Å². The molecular weight excluding hydrogens is 247 g/mol. The summed E-state index contributed by atoms with van der Waals surface area (Å²) in [7, 11) is 0. The average molecular weight is 254 g/mol. The summed E-state index contributed by atoms with van der Waals surface area (Å²) in [4.78, 5) is 10.1. The first-order valence-electron chi connectivity index (χ1n) is 4.60. The lowest BCUT2D eigenvalue weighted by molar-refractivity contribution is -0.384. The molecule has 0 atom stereocenters. The summed E-state index contributed by atoms with van der Waals surface area (Å²) in [5.41, 5.74) is 0.603. The minimum Gasteiger partial charge on any atom is -0.374 e. The van der Waals surface area contributed by atoms with Crippen molar-refractivity contribution in [2.24, 2.45) is 0 Å². The van der Waals surface area contributed by atoms with Gasteiger partial charge in [0.1, 0.15) is 11.5 Å². The molecule has 0 spiro atoms. The number of nitro groups is 1. The molecule has 0 radical (unpaired) electrons. The van der Waals surface area contributed by atoms with E-state index in [9.17, 15) is 14.5 Å². The lowest BCUT2D eigenvalue weighted by Gasteiger charge is -2.04. The summed E-state index contributed by atoms with van der Waals surface area (Å²) in [6.45, 7) is 0.265. The van der Waals surface area contributed by atoms with Crippen LogP contribution in [0.1, 0.15) is 5.69 Å². The zero-order chi connectivity index (χ0) is 12.3. The van der Waals surface area contributed by atoms with Gasteiger partial charge in [-0.05, 0) is 17.6 Å². The van der Waals surface area contributed by atoms with Crippen molar-refractivity contribution in [3.8, 4) is 0 Å². The summed E-state index contributed by atoms with van der Waals surface area (Å²) in [6, 6.07) is 3.25. The van der Waals surface area contributed by atoms with E-state index in [1.54, 1.807) is 5.38 Å². The first kappa shape index (κ1) is 11.4. The van der Waals surface area contributed by atoms with Crippen LogP contribution in [0.5, 0.6) is 0 Å². The fraction of sp³-hybridized carbons (Fsp3) is 0.111. The molecule has 0 amide bonds. The van der Waals surface area contributed by atoms with Gasteiger partial charge < -0.3 is 5.32 Å². The highest BCUT2D eigenvalue weighted by molar-refractivity contribution is 7.03. The number of hydrogen-bond donors (Lipinski definition) is 1. The second-order valence-electron chi connectivity index (χ2n) is 3.17. The Bertz CT molecular complexity index is 532. The third kappa shape index (κ3) is 2.72.